The van der Waals surface area contributed by atoms with Gasteiger partial charge < -0.3 is 0 Å². The van der Waals surface area contributed by atoms with Gasteiger partial charge in [0.2, 0.25) is 0 Å². The van der Waals surface area contributed by atoms with Gasteiger partial charge in [-0.2, -0.15) is 0 Å². The van der Waals surface area contributed by atoms with Crippen LogP contribution in [-0.2, 0) is 0 Å². The molecular formula is C22H44. The average Bonchev–Trinajstić information content (AvgIpc) is 2.57. The lowest BCUT2D eigenvalue weighted by atomic mass is 10.0. The SMILES string of the molecule is [2H]C=CCCCCCCCCCCCCCCCCCCCC. The zero-order valence-corrected chi connectivity index (χ0v) is 15.6. The summed E-state index contributed by atoms with van der Waals surface area (Å²) in [7, 11) is 0. The number of unbranched alkanes of at least 4 members (excludes halogenated alkanes) is 18. The van der Waals surface area contributed by atoms with Crippen LogP contribution in [0.4, 0.5) is 0 Å². The van der Waals surface area contributed by atoms with Crippen LogP contribution >= 0.6 is 0 Å². The van der Waals surface area contributed by atoms with Gasteiger partial charge in [-0.05, 0) is 12.8 Å². The summed E-state index contributed by atoms with van der Waals surface area (Å²) in [5.41, 5.74) is 0. The summed E-state index contributed by atoms with van der Waals surface area (Å²) in [5.74, 6) is 0. The summed E-state index contributed by atoms with van der Waals surface area (Å²) in [6.07, 6.45) is 28.9. The van der Waals surface area contributed by atoms with Gasteiger partial charge in [0.1, 0.15) is 0 Å². The zero-order valence-electron chi connectivity index (χ0n) is 16.6. The van der Waals surface area contributed by atoms with Crippen LogP contribution in [0.15, 0.2) is 12.6 Å². The molecule has 0 nitrogen and oxygen atoms in total. The number of hydrogen-bond acceptors (Lipinski definition) is 0. The first kappa shape index (κ1) is 19.8. The fourth-order valence-electron chi connectivity index (χ4n) is 3.16. The van der Waals surface area contributed by atoms with Crippen LogP contribution < -0.4 is 0 Å². The van der Waals surface area contributed by atoms with E-state index < -0.39 is 0 Å². The molecular weight excluding hydrogens is 264 g/mol. The highest BCUT2D eigenvalue weighted by molar-refractivity contribution is 4.65. The summed E-state index contributed by atoms with van der Waals surface area (Å²) < 4.78 is 6.93. The minimum absolute atomic E-state index is 1.10. The molecule has 0 heterocycles. The molecule has 0 saturated heterocycles. The molecule has 0 fully saturated rings. The Morgan fingerprint density at radius 3 is 1.18 bits per heavy atom. The van der Waals surface area contributed by atoms with E-state index in [-0.39, 0.29) is 0 Å². The van der Waals surface area contributed by atoms with Gasteiger partial charge in [-0.1, -0.05) is 122 Å². The van der Waals surface area contributed by atoms with Gasteiger partial charge >= 0.3 is 0 Å². The number of allylic oxidation sites excluding steroid dienone is 1. The topological polar surface area (TPSA) is 0 Å². The largest absolute Gasteiger partial charge is 0.103 e. The van der Waals surface area contributed by atoms with Crippen molar-refractivity contribution in [2.75, 3.05) is 0 Å². The lowest BCUT2D eigenvalue weighted by Crippen LogP contribution is -1.84. The van der Waals surface area contributed by atoms with E-state index in [1.165, 1.54) is 122 Å². The molecule has 0 bridgehead atoms. The molecule has 0 radical (unpaired) electrons. The molecule has 0 rings (SSSR count). The van der Waals surface area contributed by atoms with E-state index >= 15 is 0 Å². The lowest BCUT2D eigenvalue weighted by molar-refractivity contribution is 0.525. The van der Waals surface area contributed by atoms with Crippen molar-refractivity contribution in [1.29, 1.82) is 0 Å². The van der Waals surface area contributed by atoms with Crippen molar-refractivity contribution in [1.82, 2.24) is 0 Å². The smallest absolute Gasteiger partial charge is 0.0534 e. The molecule has 0 amide bonds. The maximum atomic E-state index is 6.93. The van der Waals surface area contributed by atoms with E-state index in [0.29, 0.717) is 0 Å². The fourth-order valence-corrected chi connectivity index (χ4v) is 3.16. The first-order valence-corrected chi connectivity index (χ1v) is 10.4. The van der Waals surface area contributed by atoms with Crippen LogP contribution in [0.1, 0.15) is 130 Å². The maximum Gasteiger partial charge on any atom is 0.0534 e. The van der Waals surface area contributed by atoms with Crippen LogP contribution in [0.25, 0.3) is 0 Å². The van der Waals surface area contributed by atoms with Gasteiger partial charge in [-0.15, -0.1) is 6.55 Å². The highest BCUT2D eigenvalue weighted by atomic mass is 14.0. The van der Waals surface area contributed by atoms with Crippen molar-refractivity contribution in [2.24, 2.45) is 0 Å². The van der Waals surface area contributed by atoms with Crippen LogP contribution in [0.5, 0.6) is 0 Å². The molecule has 132 valence electrons. The Bertz CT molecular complexity index is 222. The van der Waals surface area contributed by atoms with Crippen molar-refractivity contribution in [3.63, 3.8) is 0 Å². The Balaban J connectivity index is 2.95. The Labute approximate surface area is 143 Å². The monoisotopic (exact) mass is 309 g/mol. The lowest BCUT2D eigenvalue weighted by Gasteiger charge is -2.03. The van der Waals surface area contributed by atoms with Gasteiger partial charge in [0, 0.05) is 0 Å². The van der Waals surface area contributed by atoms with Crippen molar-refractivity contribution >= 4 is 0 Å². The molecule has 0 spiro atoms. The molecule has 0 atom stereocenters. The van der Waals surface area contributed by atoms with E-state index in [4.69, 9.17) is 1.37 Å². The summed E-state index contributed by atoms with van der Waals surface area (Å²) in [4.78, 5) is 0. The minimum atomic E-state index is 1.10. The van der Waals surface area contributed by atoms with Gasteiger partial charge in [-0.25, -0.2) is 0 Å². The summed E-state index contributed by atoms with van der Waals surface area (Å²) >= 11 is 0. The van der Waals surface area contributed by atoms with Crippen LogP contribution in [-0.4, -0.2) is 0 Å². The standard InChI is InChI=1S/C22H44/c1-3-5-7-9-11-13-15-17-19-21-22-20-18-16-14-12-10-8-6-4-2/h3H,1,4-22H2,2H3/i1D. The molecule has 0 aliphatic rings. The second-order valence-corrected chi connectivity index (χ2v) is 7.03. The Kier molecular flexibility index (Phi) is 18.7. The number of rotatable bonds is 19. The van der Waals surface area contributed by atoms with Gasteiger partial charge in [0.05, 0.1) is 1.37 Å². The summed E-state index contributed by atoms with van der Waals surface area (Å²) in [6, 6.07) is 0. The highest BCUT2D eigenvalue weighted by Crippen LogP contribution is 2.14. The van der Waals surface area contributed by atoms with E-state index in [1.807, 2.05) is 6.08 Å². The normalized spacial score (nSPS) is 12.1. The van der Waals surface area contributed by atoms with Gasteiger partial charge in [0.15, 0.2) is 0 Å². The quantitative estimate of drug-likeness (QED) is 0.165. The van der Waals surface area contributed by atoms with E-state index in [1.54, 1.807) is 0 Å². The Morgan fingerprint density at radius 2 is 0.864 bits per heavy atom. The fraction of sp³-hybridized carbons (Fsp3) is 0.909. The molecule has 0 heteroatoms. The predicted molar refractivity (Wildman–Crippen MR) is 104 cm³/mol. The first-order chi connectivity index (χ1) is 11.4. The molecule has 0 aromatic carbocycles. The van der Waals surface area contributed by atoms with Crippen molar-refractivity contribution in [2.45, 2.75) is 129 Å². The van der Waals surface area contributed by atoms with Crippen LogP contribution in [0, 0.1) is 0 Å². The molecule has 0 N–H and O–H groups in total. The predicted octanol–water partition coefficient (Wildman–Crippen LogP) is 8.60. The molecule has 0 aliphatic carbocycles. The maximum absolute atomic E-state index is 6.93. The third-order valence-electron chi connectivity index (χ3n) is 4.72. The first-order valence-electron chi connectivity index (χ1n) is 11.0. The molecule has 0 aliphatic heterocycles. The summed E-state index contributed by atoms with van der Waals surface area (Å²) in [6.45, 7) is 3.72. The van der Waals surface area contributed by atoms with E-state index in [0.717, 1.165) is 6.42 Å². The molecule has 22 heavy (non-hydrogen) atoms. The minimum Gasteiger partial charge on any atom is -0.103 e. The van der Waals surface area contributed by atoms with E-state index in [9.17, 15) is 0 Å². The van der Waals surface area contributed by atoms with Crippen molar-refractivity contribution in [3.8, 4) is 0 Å². The average molecular weight is 310 g/mol. The molecule has 0 unspecified atom stereocenters. The highest BCUT2D eigenvalue weighted by Gasteiger charge is 1.94. The van der Waals surface area contributed by atoms with Crippen molar-refractivity contribution in [3.05, 3.63) is 12.6 Å². The number of hydrogen-bond donors (Lipinski definition) is 0. The summed E-state index contributed by atoms with van der Waals surface area (Å²) in [5, 5.41) is 0. The molecule has 0 aromatic heterocycles. The Hall–Kier alpha value is -0.260. The van der Waals surface area contributed by atoms with Gasteiger partial charge in [0.25, 0.3) is 0 Å². The van der Waals surface area contributed by atoms with Crippen LogP contribution in [0.2, 0.25) is 0 Å². The van der Waals surface area contributed by atoms with Crippen LogP contribution in [0.3, 0.4) is 0 Å². The molecule has 0 saturated carbocycles. The van der Waals surface area contributed by atoms with E-state index in [2.05, 4.69) is 6.92 Å². The zero-order chi connectivity index (χ0) is 16.8. The second kappa shape index (κ2) is 20.7. The third kappa shape index (κ3) is 19.7. The Morgan fingerprint density at radius 1 is 0.545 bits per heavy atom. The molecule has 0 aromatic rings. The van der Waals surface area contributed by atoms with Crippen molar-refractivity contribution < 1.29 is 1.37 Å². The third-order valence-corrected chi connectivity index (χ3v) is 4.72. The van der Waals surface area contributed by atoms with Gasteiger partial charge in [-0.3, -0.25) is 0 Å². The second-order valence-electron chi connectivity index (χ2n) is 7.03.